The maximum absolute atomic E-state index is 12.9. The van der Waals surface area contributed by atoms with Crippen LogP contribution in [0.5, 0.6) is 5.75 Å². The number of aromatic hydroxyl groups is 1. The molecule has 0 amide bonds. The second-order valence-electron chi connectivity index (χ2n) is 3.48. The van der Waals surface area contributed by atoms with Crippen molar-refractivity contribution in [3.05, 3.63) is 41.7 Å². The summed E-state index contributed by atoms with van der Waals surface area (Å²) in [6.07, 6.45) is 0.615. The van der Waals surface area contributed by atoms with Crippen LogP contribution < -0.4 is 5.73 Å². The van der Waals surface area contributed by atoms with Gasteiger partial charge in [0, 0.05) is 6.04 Å². The van der Waals surface area contributed by atoms with E-state index in [1.54, 1.807) is 6.07 Å². The molecule has 15 heavy (non-hydrogen) atoms. The first-order valence-electron chi connectivity index (χ1n) is 4.39. The van der Waals surface area contributed by atoms with E-state index in [9.17, 15) is 4.39 Å². The number of halogens is 2. The van der Waals surface area contributed by atoms with Crippen molar-refractivity contribution in [2.45, 2.75) is 19.4 Å². The van der Waals surface area contributed by atoms with Gasteiger partial charge in [-0.3, -0.25) is 0 Å². The summed E-state index contributed by atoms with van der Waals surface area (Å²) in [6.45, 7) is 5.61. The molecule has 0 aliphatic rings. The average molecular weight is 232 g/mol. The van der Waals surface area contributed by atoms with E-state index in [1.807, 2.05) is 6.92 Å². The summed E-state index contributed by atoms with van der Waals surface area (Å²) in [7, 11) is 0. The minimum atomic E-state index is -0.639. The first-order valence-corrected chi connectivity index (χ1v) is 4.39. The van der Waals surface area contributed by atoms with Gasteiger partial charge in [0.2, 0.25) is 0 Å². The predicted octanol–water partition coefficient (Wildman–Crippen LogP) is 2.92. The molecule has 1 aromatic rings. The van der Waals surface area contributed by atoms with Crippen LogP contribution in [-0.4, -0.2) is 5.11 Å². The zero-order valence-electron chi connectivity index (χ0n) is 8.53. The molecule has 4 heteroatoms. The molecule has 0 heterocycles. The van der Waals surface area contributed by atoms with Crippen molar-refractivity contribution in [2.75, 3.05) is 0 Å². The van der Waals surface area contributed by atoms with Crippen molar-refractivity contribution in [2.24, 2.45) is 5.73 Å². The van der Waals surface area contributed by atoms with Crippen LogP contribution in [0, 0.1) is 5.82 Å². The molecule has 1 atom stereocenters. The second-order valence-corrected chi connectivity index (χ2v) is 3.48. The summed E-state index contributed by atoms with van der Waals surface area (Å²) in [5.74, 6) is -0.990. The lowest BCUT2D eigenvalue weighted by Crippen LogP contribution is -2.10. The van der Waals surface area contributed by atoms with Crippen LogP contribution in [-0.2, 0) is 0 Å². The van der Waals surface area contributed by atoms with Crippen LogP contribution in [0.1, 0.15) is 24.9 Å². The van der Waals surface area contributed by atoms with Crippen molar-refractivity contribution in [3.8, 4) is 5.75 Å². The Labute approximate surface area is 95.0 Å². The number of rotatable bonds is 3. The molecule has 1 aromatic carbocycles. The lowest BCUT2D eigenvalue weighted by atomic mass is 10.0. The van der Waals surface area contributed by atoms with Gasteiger partial charge in [0.05, 0.1) is 0 Å². The van der Waals surface area contributed by atoms with Gasteiger partial charge in [0.25, 0.3) is 0 Å². The fourth-order valence-corrected chi connectivity index (χ4v) is 1.25. The molecule has 0 radical (unpaired) electrons. The molecule has 0 aliphatic heterocycles. The summed E-state index contributed by atoms with van der Waals surface area (Å²) in [6, 6.07) is 3.92. The zero-order chi connectivity index (χ0) is 10.7. The Kier molecular flexibility index (Phi) is 5.33. The zero-order valence-corrected chi connectivity index (χ0v) is 9.35. The van der Waals surface area contributed by atoms with Gasteiger partial charge in [-0.25, -0.2) is 4.39 Å². The smallest absolute Gasteiger partial charge is 0.165 e. The summed E-state index contributed by atoms with van der Waals surface area (Å²) >= 11 is 0. The Hall–Kier alpha value is -1.06. The molecule has 0 aromatic heterocycles. The molecule has 84 valence electrons. The van der Waals surface area contributed by atoms with Crippen molar-refractivity contribution >= 4 is 12.4 Å². The van der Waals surface area contributed by atoms with Crippen LogP contribution in [0.4, 0.5) is 4.39 Å². The Balaban J connectivity index is 0.00000196. The van der Waals surface area contributed by atoms with Crippen molar-refractivity contribution in [1.29, 1.82) is 0 Å². The van der Waals surface area contributed by atoms with Gasteiger partial charge in [0.1, 0.15) is 0 Å². The average Bonchev–Trinajstić information content (AvgIpc) is 2.08. The summed E-state index contributed by atoms with van der Waals surface area (Å²) in [5.41, 5.74) is 7.43. The van der Waals surface area contributed by atoms with E-state index < -0.39 is 5.82 Å². The first kappa shape index (κ1) is 13.9. The molecular weight excluding hydrogens is 217 g/mol. The fourth-order valence-electron chi connectivity index (χ4n) is 1.25. The van der Waals surface area contributed by atoms with E-state index in [4.69, 9.17) is 10.8 Å². The minimum Gasteiger partial charge on any atom is -0.505 e. The minimum absolute atomic E-state index is 0. The van der Waals surface area contributed by atoms with Gasteiger partial charge in [-0.2, -0.15) is 0 Å². The van der Waals surface area contributed by atoms with Crippen LogP contribution in [0.3, 0.4) is 0 Å². The van der Waals surface area contributed by atoms with Gasteiger partial charge in [-0.05, 0) is 31.0 Å². The maximum atomic E-state index is 12.9. The molecule has 1 rings (SSSR count). The van der Waals surface area contributed by atoms with Gasteiger partial charge in [-0.1, -0.05) is 11.6 Å². The summed E-state index contributed by atoms with van der Waals surface area (Å²) in [5, 5.41) is 8.97. The van der Waals surface area contributed by atoms with Gasteiger partial charge in [0.15, 0.2) is 11.6 Å². The van der Waals surface area contributed by atoms with E-state index in [0.29, 0.717) is 12.0 Å². The lowest BCUT2D eigenvalue weighted by molar-refractivity contribution is 0.431. The Bertz CT molecular complexity index is 354. The third kappa shape index (κ3) is 3.90. The standard InChI is InChI=1S/C11H14FNO.ClH/c1-7(2)5-10(13)8-3-4-11(14)9(12)6-8;/h3-4,6,10,14H,1,5,13H2,2H3;1H/t10-;/m1./s1. The van der Waals surface area contributed by atoms with Crippen LogP contribution in [0.25, 0.3) is 0 Å². The predicted molar refractivity (Wildman–Crippen MR) is 61.7 cm³/mol. The Morgan fingerprint density at radius 2 is 2.20 bits per heavy atom. The quantitative estimate of drug-likeness (QED) is 0.786. The van der Waals surface area contributed by atoms with E-state index >= 15 is 0 Å². The molecule has 3 N–H and O–H groups in total. The van der Waals surface area contributed by atoms with Gasteiger partial charge in [-0.15, -0.1) is 19.0 Å². The van der Waals surface area contributed by atoms with E-state index in [2.05, 4.69) is 6.58 Å². The molecule has 0 unspecified atom stereocenters. The van der Waals surface area contributed by atoms with Crippen molar-refractivity contribution in [3.63, 3.8) is 0 Å². The molecular formula is C11H15ClFNO. The lowest BCUT2D eigenvalue weighted by Gasteiger charge is -2.11. The monoisotopic (exact) mass is 231 g/mol. The molecule has 0 spiro atoms. The number of benzene rings is 1. The molecule has 0 fully saturated rings. The molecule has 0 bridgehead atoms. The highest BCUT2D eigenvalue weighted by atomic mass is 35.5. The number of hydrogen-bond donors (Lipinski definition) is 2. The third-order valence-corrected chi connectivity index (χ3v) is 1.97. The number of nitrogens with two attached hydrogens (primary N) is 1. The van der Waals surface area contributed by atoms with Crippen LogP contribution in [0.15, 0.2) is 30.4 Å². The number of phenols is 1. The highest BCUT2D eigenvalue weighted by Crippen LogP contribution is 2.22. The highest BCUT2D eigenvalue weighted by molar-refractivity contribution is 5.85. The summed E-state index contributed by atoms with van der Waals surface area (Å²) < 4.78 is 12.9. The van der Waals surface area contributed by atoms with Crippen LogP contribution >= 0.6 is 12.4 Å². The third-order valence-electron chi connectivity index (χ3n) is 1.97. The Morgan fingerprint density at radius 3 is 2.67 bits per heavy atom. The van der Waals surface area contributed by atoms with E-state index in [0.717, 1.165) is 5.57 Å². The largest absolute Gasteiger partial charge is 0.505 e. The normalized spacial score (nSPS) is 11.7. The summed E-state index contributed by atoms with van der Waals surface area (Å²) in [4.78, 5) is 0. The number of phenolic OH excluding ortho intramolecular Hbond substituents is 1. The van der Waals surface area contributed by atoms with Gasteiger partial charge < -0.3 is 10.8 Å². The topological polar surface area (TPSA) is 46.2 Å². The number of hydrogen-bond acceptors (Lipinski definition) is 2. The molecule has 0 aliphatic carbocycles. The van der Waals surface area contributed by atoms with Gasteiger partial charge >= 0.3 is 0 Å². The molecule has 0 saturated heterocycles. The van der Waals surface area contributed by atoms with Crippen LogP contribution in [0.2, 0.25) is 0 Å². The SMILES string of the molecule is C=C(C)C[C@@H](N)c1ccc(O)c(F)c1.Cl. The van der Waals surface area contributed by atoms with Crippen molar-refractivity contribution in [1.82, 2.24) is 0 Å². The fraction of sp³-hybridized carbons (Fsp3) is 0.273. The van der Waals surface area contributed by atoms with E-state index in [1.165, 1.54) is 12.1 Å². The van der Waals surface area contributed by atoms with Crippen molar-refractivity contribution < 1.29 is 9.50 Å². The molecule has 0 saturated carbocycles. The Morgan fingerprint density at radius 1 is 1.60 bits per heavy atom. The highest BCUT2D eigenvalue weighted by Gasteiger charge is 2.08. The second kappa shape index (κ2) is 5.73. The van der Waals surface area contributed by atoms with E-state index in [-0.39, 0.29) is 24.2 Å². The molecule has 2 nitrogen and oxygen atoms in total. The first-order chi connectivity index (χ1) is 6.50. The maximum Gasteiger partial charge on any atom is 0.165 e.